The Morgan fingerprint density at radius 1 is 0.694 bits per heavy atom. The summed E-state index contributed by atoms with van der Waals surface area (Å²) in [5.41, 5.74) is 2.23. The SMILES string of the molecule is CC(C)(C)c1cc(C[N@+]2([O-])CCC[C@@H]2C(O)(c2ccccc2)c2ccccc2)c(O)c(C(C)(C)C)c1.CC(C)O.CC(C)O.CC(C)O.[Ti]. The number of benzene rings is 3. The molecule has 7 nitrogen and oxygen atoms in total. The third-order valence-electron chi connectivity index (χ3n) is 7.79. The molecule has 1 heterocycles. The maximum atomic E-state index is 14.7. The van der Waals surface area contributed by atoms with Crippen LogP contribution in [0.2, 0.25) is 0 Å². The summed E-state index contributed by atoms with van der Waals surface area (Å²) >= 11 is 0. The first-order chi connectivity index (χ1) is 22.0. The van der Waals surface area contributed by atoms with Crippen LogP contribution in [0.3, 0.4) is 0 Å². The van der Waals surface area contributed by atoms with Gasteiger partial charge in [-0.3, -0.25) is 0 Å². The molecule has 0 radical (unpaired) electrons. The van der Waals surface area contributed by atoms with Gasteiger partial charge < -0.3 is 35.4 Å². The normalized spacial score (nSPS) is 17.7. The van der Waals surface area contributed by atoms with Gasteiger partial charge in [-0.05, 0) is 75.1 Å². The molecule has 0 bridgehead atoms. The van der Waals surface area contributed by atoms with Crippen molar-refractivity contribution in [1.29, 1.82) is 0 Å². The van der Waals surface area contributed by atoms with Gasteiger partial charge in [-0.15, -0.1) is 0 Å². The second-order valence-electron chi connectivity index (χ2n) is 15.8. The Labute approximate surface area is 312 Å². The predicted molar refractivity (Wildman–Crippen MR) is 199 cm³/mol. The van der Waals surface area contributed by atoms with E-state index in [4.69, 9.17) is 15.3 Å². The first-order valence-corrected chi connectivity index (χ1v) is 17.3. The number of quaternary nitrogens is 1. The molecule has 0 aliphatic carbocycles. The molecule has 274 valence electrons. The molecule has 5 N–H and O–H groups in total. The molecule has 1 aliphatic heterocycles. The third kappa shape index (κ3) is 14.6. The minimum atomic E-state index is -1.44. The van der Waals surface area contributed by atoms with Gasteiger partial charge in [0.05, 0.1) is 6.54 Å². The van der Waals surface area contributed by atoms with E-state index in [1.807, 2.05) is 66.7 Å². The number of rotatable bonds is 5. The average Bonchev–Trinajstić information content (AvgIpc) is 3.34. The Hall–Kier alpha value is -2.07. The van der Waals surface area contributed by atoms with Gasteiger partial charge in [-0.2, -0.15) is 0 Å². The van der Waals surface area contributed by atoms with E-state index in [1.54, 1.807) is 41.5 Å². The zero-order chi connectivity index (χ0) is 37.1. The standard InChI is InChI=1S/C32H41NO3.3C3H8O.Ti/c1-30(2,3)26-20-23(29(34)27(21-26)31(4,5)6)22-33(36)19-13-18-28(33)32(35,24-14-9-7-10-15-24)25-16-11-8-12-17-25;3*1-3(2)4;/h7-12,14-17,20-21,28,34-35H,13,18-19,22H2,1-6H3;3*3-4H,1-2H3;/t28-,33-;;;;/m1..../s1. The number of phenols is 1. The summed E-state index contributed by atoms with van der Waals surface area (Å²) in [7, 11) is 0. The molecule has 0 saturated carbocycles. The molecule has 1 fully saturated rings. The number of aliphatic hydroxyl groups excluding tert-OH is 3. The van der Waals surface area contributed by atoms with Crippen molar-refractivity contribution in [2.75, 3.05) is 6.54 Å². The predicted octanol–water partition coefficient (Wildman–Crippen LogP) is 8.06. The van der Waals surface area contributed by atoms with Crippen LogP contribution in [0.4, 0.5) is 0 Å². The van der Waals surface area contributed by atoms with Crippen molar-refractivity contribution in [3.63, 3.8) is 0 Å². The maximum absolute atomic E-state index is 14.7. The van der Waals surface area contributed by atoms with Crippen molar-refractivity contribution >= 4 is 0 Å². The van der Waals surface area contributed by atoms with Crippen LogP contribution in [0, 0.1) is 5.21 Å². The number of hydrogen-bond donors (Lipinski definition) is 5. The van der Waals surface area contributed by atoms with Gasteiger partial charge >= 0.3 is 0 Å². The summed E-state index contributed by atoms with van der Waals surface area (Å²) in [6.45, 7) is 23.6. The summed E-state index contributed by atoms with van der Waals surface area (Å²) in [6, 6.07) is 22.6. The van der Waals surface area contributed by atoms with E-state index < -0.39 is 16.3 Å². The molecule has 2 atom stereocenters. The first-order valence-electron chi connectivity index (χ1n) is 17.3. The second kappa shape index (κ2) is 20.1. The summed E-state index contributed by atoms with van der Waals surface area (Å²) < 4.78 is -0.578. The molecule has 3 aromatic carbocycles. The molecule has 0 amide bonds. The first kappa shape index (κ1) is 46.9. The van der Waals surface area contributed by atoms with Crippen molar-refractivity contribution in [2.45, 2.75) is 143 Å². The molecule has 8 heteroatoms. The van der Waals surface area contributed by atoms with E-state index in [9.17, 15) is 15.4 Å². The summed E-state index contributed by atoms with van der Waals surface area (Å²) in [5, 5.41) is 62.7. The Balaban J connectivity index is 0.00000154. The molecule has 3 aromatic rings. The number of aliphatic hydroxyl groups is 4. The van der Waals surface area contributed by atoms with Crippen molar-refractivity contribution in [2.24, 2.45) is 0 Å². The fourth-order valence-corrected chi connectivity index (χ4v) is 5.73. The van der Waals surface area contributed by atoms with Gasteiger partial charge in [0.1, 0.15) is 18.3 Å². The third-order valence-corrected chi connectivity index (χ3v) is 7.79. The van der Waals surface area contributed by atoms with Crippen LogP contribution in [0.25, 0.3) is 0 Å². The van der Waals surface area contributed by atoms with Gasteiger partial charge in [-0.1, -0.05) is 108 Å². The number of hydroxylamine groups is 3. The van der Waals surface area contributed by atoms with E-state index >= 15 is 0 Å². The Bertz CT molecular complexity index is 1290. The van der Waals surface area contributed by atoms with Crippen molar-refractivity contribution in [1.82, 2.24) is 0 Å². The van der Waals surface area contributed by atoms with Gasteiger partial charge in [-0.25, -0.2) is 0 Å². The minimum Gasteiger partial charge on any atom is -0.632 e. The minimum absolute atomic E-state index is 0. The zero-order valence-electron chi connectivity index (χ0n) is 32.2. The van der Waals surface area contributed by atoms with Gasteiger partial charge in [0, 0.05) is 64.0 Å². The van der Waals surface area contributed by atoms with Crippen LogP contribution in [0.15, 0.2) is 72.8 Å². The Kier molecular flexibility index (Phi) is 19.2. The topological polar surface area (TPSA) is 124 Å². The number of hydrogen-bond acceptors (Lipinski definition) is 6. The van der Waals surface area contributed by atoms with E-state index in [1.165, 1.54) is 0 Å². The van der Waals surface area contributed by atoms with Crippen LogP contribution in [-0.2, 0) is 44.7 Å². The number of nitrogens with zero attached hydrogens (tertiary/aromatic N) is 1. The molecular weight excluding hydrogens is 650 g/mol. The van der Waals surface area contributed by atoms with Gasteiger partial charge in [0.2, 0.25) is 0 Å². The van der Waals surface area contributed by atoms with Gasteiger partial charge in [0.15, 0.2) is 5.60 Å². The van der Waals surface area contributed by atoms with Crippen LogP contribution < -0.4 is 0 Å². The van der Waals surface area contributed by atoms with Crippen LogP contribution in [-0.4, -0.2) is 61.1 Å². The summed E-state index contributed by atoms with van der Waals surface area (Å²) in [4.78, 5) is 0. The van der Waals surface area contributed by atoms with Crippen LogP contribution in [0.1, 0.15) is 124 Å². The van der Waals surface area contributed by atoms with E-state index in [2.05, 4.69) is 47.6 Å². The molecule has 1 aliphatic rings. The van der Waals surface area contributed by atoms with Crippen molar-refractivity contribution in [3.05, 3.63) is 106 Å². The summed E-state index contributed by atoms with van der Waals surface area (Å²) in [6.07, 6.45) is 0.831. The molecule has 49 heavy (non-hydrogen) atoms. The van der Waals surface area contributed by atoms with E-state index in [0.717, 1.165) is 28.7 Å². The van der Waals surface area contributed by atoms with E-state index in [-0.39, 0.29) is 63.2 Å². The average molecular weight is 716 g/mol. The smallest absolute Gasteiger partial charge is 0.167 e. The molecule has 0 spiro atoms. The quantitative estimate of drug-likeness (QED) is 0.104. The number of phenolic OH excluding ortho intramolecular Hbond substituents is 1. The molecule has 0 aromatic heterocycles. The number of aromatic hydroxyl groups is 1. The van der Waals surface area contributed by atoms with E-state index in [0.29, 0.717) is 18.5 Å². The maximum Gasteiger partial charge on any atom is 0.167 e. The van der Waals surface area contributed by atoms with Crippen LogP contribution >= 0.6 is 0 Å². The molecule has 1 saturated heterocycles. The number of likely N-dealkylation sites (tertiary alicyclic amines) is 1. The monoisotopic (exact) mass is 715 g/mol. The van der Waals surface area contributed by atoms with Crippen LogP contribution in [0.5, 0.6) is 5.75 Å². The second-order valence-corrected chi connectivity index (χ2v) is 15.8. The van der Waals surface area contributed by atoms with Crippen molar-refractivity contribution < 1.29 is 51.9 Å². The largest absolute Gasteiger partial charge is 0.632 e. The Morgan fingerprint density at radius 3 is 1.43 bits per heavy atom. The molecule has 4 rings (SSSR count). The van der Waals surface area contributed by atoms with Crippen molar-refractivity contribution in [3.8, 4) is 5.75 Å². The Morgan fingerprint density at radius 2 is 1.08 bits per heavy atom. The molecular formula is C41H65NO6Ti. The summed E-state index contributed by atoms with van der Waals surface area (Å²) in [5.74, 6) is 0.206. The van der Waals surface area contributed by atoms with Gasteiger partial charge in [0.25, 0.3) is 0 Å². The zero-order valence-corrected chi connectivity index (χ0v) is 33.7. The molecule has 0 unspecified atom stereocenters. The fourth-order valence-electron chi connectivity index (χ4n) is 5.73. The fraction of sp³-hybridized carbons (Fsp3) is 0.561.